The number of para-hydroxylation sites is 2. The predicted molar refractivity (Wildman–Crippen MR) is 64.6 cm³/mol. The van der Waals surface area contributed by atoms with Gasteiger partial charge in [0.1, 0.15) is 18.5 Å². The van der Waals surface area contributed by atoms with Gasteiger partial charge in [0.05, 0.1) is 12.2 Å². The summed E-state index contributed by atoms with van der Waals surface area (Å²) in [5, 5.41) is 13.8. The first kappa shape index (κ1) is 11.5. The Hall–Kier alpha value is -2.01. The molecule has 0 spiro atoms. The third-order valence-corrected chi connectivity index (χ3v) is 2.31. The number of aromatic nitrogens is 2. The highest BCUT2D eigenvalue weighted by Crippen LogP contribution is 2.19. The highest BCUT2D eigenvalue weighted by Gasteiger charge is 2.07. The molecule has 1 atom stereocenters. The van der Waals surface area contributed by atoms with Crippen molar-refractivity contribution in [3.63, 3.8) is 0 Å². The fraction of sp³-hybridized carbons (Fsp3) is 0.250. The van der Waals surface area contributed by atoms with E-state index in [9.17, 15) is 5.11 Å². The Morgan fingerprint density at radius 1 is 1.35 bits per heavy atom. The van der Waals surface area contributed by atoms with Gasteiger partial charge in [0.15, 0.2) is 0 Å². The van der Waals surface area contributed by atoms with Crippen molar-refractivity contribution < 1.29 is 9.84 Å². The summed E-state index contributed by atoms with van der Waals surface area (Å²) in [4.78, 5) is 0. The summed E-state index contributed by atoms with van der Waals surface area (Å²) in [6, 6.07) is 9.02. The summed E-state index contributed by atoms with van der Waals surface area (Å²) in [5.41, 5.74) is 6.29. The third kappa shape index (κ3) is 3.22. The molecule has 5 heteroatoms. The summed E-state index contributed by atoms with van der Waals surface area (Å²) in [7, 11) is 0. The van der Waals surface area contributed by atoms with E-state index in [0.29, 0.717) is 18.0 Å². The van der Waals surface area contributed by atoms with Crippen molar-refractivity contribution >= 4 is 5.69 Å². The predicted octanol–water partition coefficient (Wildman–Crippen LogP) is 0.905. The molecule has 0 aliphatic rings. The molecule has 90 valence electrons. The van der Waals surface area contributed by atoms with Crippen molar-refractivity contribution in [2.45, 2.75) is 12.6 Å². The van der Waals surface area contributed by atoms with Crippen molar-refractivity contribution in [2.75, 3.05) is 12.3 Å². The van der Waals surface area contributed by atoms with Gasteiger partial charge in [-0.1, -0.05) is 12.1 Å². The first-order chi connectivity index (χ1) is 8.25. The van der Waals surface area contributed by atoms with Crippen molar-refractivity contribution in [1.82, 2.24) is 9.78 Å². The average molecular weight is 233 g/mol. The smallest absolute Gasteiger partial charge is 0.142 e. The molecule has 5 nitrogen and oxygen atoms in total. The Kier molecular flexibility index (Phi) is 3.62. The van der Waals surface area contributed by atoms with Gasteiger partial charge in [-0.15, -0.1) is 0 Å². The first-order valence-corrected chi connectivity index (χ1v) is 5.38. The summed E-state index contributed by atoms with van der Waals surface area (Å²) in [5.74, 6) is 0.590. The molecule has 2 aromatic rings. The monoisotopic (exact) mass is 233 g/mol. The zero-order chi connectivity index (χ0) is 12.1. The lowest BCUT2D eigenvalue weighted by atomic mass is 10.3. The highest BCUT2D eigenvalue weighted by atomic mass is 16.5. The quantitative estimate of drug-likeness (QED) is 0.753. The van der Waals surface area contributed by atoms with E-state index in [0.717, 1.165) is 0 Å². The first-order valence-electron chi connectivity index (χ1n) is 5.38. The molecule has 0 fully saturated rings. The van der Waals surface area contributed by atoms with Gasteiger partial charge in [-0.25, -0.2) is 0 Å². The molecule has 0 saturated heterocycles. The molecule has 0 saturated carbocycles. The Balaban J connectivity index is 1.84. The van der Waals surface area contributed by atoms with Crippen LogP contribution in [-0.4, -0.2) is 27.6 Å². The van der Waals surface area contributed by atoms with E-state index in [1.807, 2.05) is 18.2 Å². The maximum absolute atomic E-state index is 9.75. The van der Waals surface area contributed by atoms with Crippen LogP contribution in [0.3, 0.4) is 0 Å². The number of rotatable bonds is 5. The zero-order valence-corrected chi connectivity index (χ0v) is 9.36. The van der Waals surface area contributed by atoms with Gasteiger partial charge in [0, 0.05) is 12.4 Å². The topological polar surface area (TPSA) is 73.3 Å². The molecular weight excluding hydrogens is 218 g/mol. The normalized spacial score (nSPS) is 12.3. The maximum Gasteiger partial charge on any atom is 0.142 e. The Morgan fingerprint density at radius 3 is 2.88 bits per heavy atom. The number of nitrogen functional groups attached to an aromatic ring is 1. The minimum absolute atomic E-state index is 0.189. The van der Waals surface area contributed by atoms with Gasteiger partial charge in [-0.3, -0.25) is 4.68 Å². The van der Waals surface area contributed by atoms with Crippen LogP contribution in [0.1, 0.15) is 0 Å². The molecule has 1 aromatic heterocycles. The molecule has 1 unspecified atom stereocenters. The summed E-state index contributed by atoms with van der Waals surface area (Å²) >= 11 is 0. The van der Waals surface area contributed by atoms with E-state index in [2.05, 4.69) is 5.10 Å². The Labute approximate surface area is 99.4 Å². The number of nitrogens with zero attached hydrogens (tertiary/aromatic N) is 2. The van der Waals surface area contributed by atoms with Crippen LogP contribution in [0.4, 0.5) is 5.69 Å². The number of aliphatic hydroxyl groups excluding tert-OH is 1. The van der Waals surface area contributed by atoms with Gasteiger partial charge in [-0.2, -0.15) is 5.10 Å². The number of hydrogen-bond acceptors (Lipinski definition) is 4. The van der Waals surface area contributed by atoms with Crippen molar-refractivity contribution in [3.8, 4) is 5.75 Å². The van der Waals surface area contributed by atoms with Gasteiger partial charge < -0.3 is 15.6 Å². The van der Waals surface area contributed by atoms with E-state index in [4.69, 9.17) is 10.5 Å². The molecule has 0 aliphatic carbocycles. The Bertz CT molecular complexity index is 457. The molecule has 0 aliphatic heterocycles. The van der Waals surface area contributed by atoms with Crippen LogP contribution in [0.15, 0.2) is 42.7 Å². The molecule has 1 aromatic carbocycles. The zero-order valence-electron chi connectivity index (χ0n) is 9.36. The van der Waals surface area contributed by atoms with Crippen LogP contribution in [0.5, 0.6) is 5.75 Å². The molecule has 1 heterocycles. The molecule has 0 radical (unpaired) electrons. The van der Waals surface area contributed by atoms with E-state index in [1.54, 1.807) is 29.2 Å². The number of hydrogen-bond donors (Lipinski definition) is 2. The molecule has 0 bridgehead atoms. The average Bonchev–Trinajstić information content (AvgIpc) is 2.81. The summed E-state index contributed by atoms with van der Waals surface area (Å²) in [6.07, 6.45) is 2.84. The van der Waals surface area contributed by atoms with E-state index in [1.165, 1.54) is 0 Å². The number of ether oxygens (including phenoxy) is 1. The molecule has 2 rings (SSSR count). The second kappa shape index (κ2) is 5.36. The van der Waals surface area contributed by atoms with Gasteiger partial charge in [0.25, 0.3) is 0 Å². The molecule has 3 N–H and O–H groups in total. The lowest BCUT2D eigenvalue weighted by Crippen LogP contribution is -2.24. The minimum Gasteiger partial charge on any atom is -0.489 e. The SMILES string of the molecule is Nc1ccccc1OCC(O)Cn1cccn1. The van der Waals surface area contributed by atoms with Crippen molar-refractivity contribution in [1.29, 1.82) is 0 Å². The summed E-state index contributed by atoms with van der Waals surface area (Å²) < 4.78 is 7.09. The minimum atomic E-state index is -0.616. The molecular formula is C12H15N3O2. The van der Waals surface area contributed by atoms with Crippen LogP contribution in [0, 0.1) is 0 Å². The van der Waals surface area contributed by atoms with Crippen molar-refractivity contribution in [3.05, 3.63) is 42.7 Å². The number of nitrogens with two attached hydrogens (primary N) is 1. The second-order valence-electron chi connectivity index (χ2n) is 3.73. The standard InChI is InChI=1S/C12H15N3O2/c13-11-4-1-2-5-12(11)17-9-10(16)8-15-7-3-6-14-15/h1-7,10,16H,8-9,13H2. The van der Waals surface area contributed by atoms with Gasteiger partial charge in [0.2, 0.25) is 0 Å². The number of benzene rings is 1. The lowest BCUT2D eigenvalue weighted by molar-refractivity contribution is 0.0897. The van der Waals surface area contributed by atoms with E-state index >= 15 is 0 Å². The summed E-state index contributed by atoms with van der Waals surface area (Å²) in [6.45, 7) is 0.591. The molecule has 17 heavy (non-hydrogen) atoms. The lowest BCUT2D eigenvalue weighted by Gasteiger charge is -2.13. The van der Waals surface area contributed by atoms with Crippen LogP contribution in [-0.2, 0) is 6.54 Å². The maximum atomic E-state index is 9.75. The molecule has 0 amide bonds. The van der Waals surface area contributed by atoms with E-state index < -0.39 is 6.10 Å². The van der Waals surface area contributed by atoms with E-state index in [-0.39, 0.29) is 6.61 Å². The van der Waals surface area contributed by atoms with Crippen molar-refractivity contribution in [2.24, 2.45) is 0 Å². The van der Waals surface area contributed by atoms with Gasteiger partial charge >= 0.3 is 0 Å². The van der Waals surface area contributed by atoms with Crippen LogP contribution >= 0.6 is 0 Å². The van der Waals surface area contributed by atoms with Crippen LogP contribution < -0.4 is 10.5 Å². The highest BCUT2D eigenvalue weighted by molar-refractivity contribution is 5.51. The second-order valence-corrected chi connectivity index (χ2v) is 3.73. The van der Waals surface area contributed by atoms with Crippen LogP contribution in [0.25, 0.3) is 0 Å². The number of aliphatic hydroxyl groups is 1. The fourth-order valence-electron chi connectivity index (χ4n) is 1.48. The largest absolute Gasteiger partial charge is 0.489 e. The Morgan fingerprint density at radius 2 is 2.18 bits per heavy atom. The third-order valence-electron chi connectivity index (χ3n) is 2.31. The van der Waals surface area contributed by atoms with Gasteiger partial charge in [-0.05, 0) is 18.2 Å². The van der Waals surface area contributed by atoms with Crippen LogP contribution in [0.2, 0.25) is 0 Å². The fourth-order valence-corrected chi connectivity index (χ4v) is 1.48. The number of anilines is 1.